The maximum absolute atomic E-state index is 5.32. The average Bonchev–Trinajstić information content (AvgIpc) is 2.90. The smallest absolute Gasteiger partial charge is 0.123 e. The summed E-state index contributed by atoms with van der Waals surface area (Å²) in [6.45, 7) is 0. The van der Waals surface area contributed by atoms with Crippen molar-refractivity contribution in [3.63, 3.8) is 0 Å². The first-order chi connectivity index (χ1) is 9.80. The lowest BCUT2D eigenvalue weighted by Crippen LogP contribution is -1.88. The summed E-state index contributed by atoms with van der Waals surface area (Å²) in [5.41, 5.74) is 5.31. The largest absolute Gasteiger partial charge is 0.497 e. The van der Waals surface area contributed by atoms with Crippen molar-refractivity contribution in [3.05, 3.63) is 59.2 Å². The Bertz CT molecular complexity index is 634. The first-order valence-corrected chi connectivity index (χ1v) is 6.82. The molecular weight excluding hydrogens is 248 g/mol. The van der Waals surface area contributed by atoms with Crippen molar-refractivity contribution >= 4 is 11.6 Å². The lowest BCUT2D eigenvalue weighted by molar-refractivity contribution is 0.394. The summed E-state index contributed by atoms with van der Waals surface area (Å²) in [6.07, 6.45) is 4.46. The molecule has 0 unspecified atom stereocenters. The Hall–Kier alpha value is -2.22. The fourth-order valence-corrected chi connectivity index (χ4v) is 2.72. The number of hydrogen-bond acceptors (Lipinski definition) is 2. The predicted molar refractivity (Wildman–Crippen MR) is 82.2 cm³/mol. The molecule has 20 heavy (non-hydrogen) atoms. The quantitative estimate of drug-likeness (QED) is 0.829. The molecule has 0 atom stereocenters. The van der Waals surface area contributed by atoms with E-state index in [1.165, 1.54) is 16.7 Å². The Labute approximate surface area is 119 Å². The van der Waals surface area contributed by atoms with E-state index in [0.717, 1.165) is 29.9 Å². The van der Waals surface area contributed by atoms with Crippen molar-refractivity contribution in [3.8, 4) is 11.5 Å². The zero-order valence-corrected chi connectivity index (χ0v) is 11.8. The second kappa shape index (κ2) is 5.41. The monoisotopic (exact) mass is 266 g/mol. The summed E-state index contributed by atoms with van der Waals surface area (Å²) in [5, 5.41) is 0. The number of aryl methyl sites for hydroxylation is 1. The number of allylic oxidation sites excluding steroid dienone is 1. The standard InChI is InChI=1S/C18H18O2/c1-19-16-10-13(11-17(12-16)20-2)9-15-8-7-14-5-3-4-6-18(14)15/h3-6,9-12H,7-8H2,1-2H3. The molecule has 102 valence electrons. The third kappa shape index (κ3) is 2.42. The number of fused-ring (bicyclic) bond motifs is 1. The van der Waals surface area contributed by atoms with Gasteiger partial charge in [0.05, 0.1) is 14.2 Å². The maximum Gasteiger partial charge on any atom is 0.123 e. The van der Waals surface area contributed by atoms with Gasteiger partial charge in [-0.1, -0.05) is 30.3 Å². The molecule has 0 saturated carbocycles. The van der Waals surface area contributed by atoms with Crippen LogP contribution in [0.4, 0.5) is 0 Å². The van der Waals surface area contributed by atoms with Crippen LogP contribution in [0.25, 0.3) is 11.6 Å². The van der Waals surface area contributed by atoms with Crippen LogP contribution in [0.1, 0.15) is 23.1 Å². The van der Waals surface area contributed by atoms with E-state index in [1.54, 1.807) is 14.2 Å². The van der Waals surface area contributed by atoms with Crippen molar-refractivity contribution < 1.29 is 9.47 Å². The van der Waals surface area contributed by atoms with Crippen LogP contribution in [-0.4, -0.2) is 14.2 Å². The van der Waals surface area contributed by atoms with Gasteiger partial charge in [-0.15, -0.1) is 0 Å². The van der Waals surface area contributed by atoms with E-state index in [9.17, 15) is 0 Å². The van der Waals surface area contributed by atoms with Crippen molar-refractivity contribution in [2.24, 2.45) is 0 Å². The summed E-state index contributed by atoms with van der Waals surface area (Å²) in [4.78, 5) is 0. The molecule has 0 bridgehead atoms. The van der Waals surface area contributed by atoms with Gasteiger partial charge in [-0.05, 0) is 47.2 Å². The van der Waals surface area contributed by atoms with Gasteiger partial charge in [-0.3, -0.25) is 0 Å². The second-order valence-corrected chi connectivity index (χ2v) is 4.97. The van der Waals surface area contributed by atoms with Crippen LogP contribution >= 0.6 is 0 Å². The SMILES string of the molecule is COc1cc(C=C2CCc3ccccc32)cc(OC)c1. The van der Waals surface area contributed by atoms with Crippen molar-refractivity contribution in [1.29, 1.82) is 0 Å². The molecule has 2 aromatic rings. The van der Waals surface area contributed by atoms with Gasteiger partial charge in [-0.25, -0.2) is 0 Å². The Balaban J connectivity index is 2.01. The fraction of sp³-hybridized carbons (Fsp3) is 0.222. The van der Waals surface area contributed by atoms with Gasteiger partial charge in [0.1, 0.15) is 11.5 Å². The summed E-state index contributed by atoms with van der Waals surface area (Å²) in [7, 11) is 3.35. The Morgan fingerprint density at radius 2 is 1.60 bits per heavy atom. The average molecular weight is 266 g/mol. The summed E-state index contributed by atoms with van der Waals surface area (Å²) in [5.74, 6) is 1.64. The predicted octanol–water partition coefficient (Wildman–Crippen LogP) is 4.19. The van der Waals surface area contributed by atoms with Crippen LogP contribution in [0.2, 0.25) is 0 Å². The van der Waals surface area contributed by atoms with E-state index in [4.69, 9.17) is 9.47 Å². The summed E-state index contributed by atoms with van der Waals surface area (Å²) >= 11 is 0. The molecule has 0 spiro atoms. The normalized spacial score (nSPS) is 15.2. The molecule has 0 radical (unpaired) electrons. The molecule has 0 amide bonds. The first kappa shape index (κ1) is 12.8. The molecule has 0 aliphatic heterocycles. The molecule has 3 rings (SSSR count). The minimum atomic E-state index is 0.822. The van der Waals surface area contributed by atoms with Gasteiger partial charge in [0.15, 0.2) is 0 Å². The zero-order chi connectivity index (χ0) is 13.9. The van der Waals surface area contributed by atoms with E-state index >= 15 is 0 Å². The van der Waals surface area contributed by atoms with Crippen molar-refractivity contribution in [1.82, 2.24) is 0 Å². The molecule has 1 aliphatic rings. The number of ether oxygens (including phenoxy) is 2. The molecule has 0 heterocycles. The first-order valence-electron chi connectivity index (χ1n) is 6.82. The van der Waals surface area contributed by atoms with E-state index in [0.29, 0.717) is 0 Å². The highest BCUT2D eigenvalue weighted by Gasteiger charge is 2.15. The van der Waals surface area contributed by atoms with Crippen molar-refractivity contribution in [2.45, 2.75) is 12.8 Å². The third-order valence-corrected chi connectivity index (χ3v) is 3.74. The van der Waals surface area contributed by atoms with Crippen LogP contribution in [0.3, 0.4) is 0 Å². The van der Waals surface area contributed by atoms with E-state index in [2.05, 4.69) is 30.3 Å². The van der Waals surface area contributed by atoms with Crippen LogP contribution in [0.15, 0.2) is 42.5 Å². The molecular formula is C18H18O2. The molecule has 0 N–H and O–H groups in total. The van der Waals surface area contributed by atoms with E-state index < -0.39 is 0 Å². The maximum atomic E-state index is 5.32. The lowest BCUT2D eigenvalue weighted by Gasteiger charge is -2.07. The Morgan fingerprint density at radius 3 is 2.30 bits per heavy atom. The molecule has 2 nitrogen and oxygen atoms in total. The minimum Gasteiger partial charge on any atom is -0.497 e. The number of hydrogen-bond donors (Lipinski definition) is 0. The summed E-state index contributed by atoms with van der Waals surface area (Å²) in [6, 6.07) is 14.6. The summed E-state index contributed by atoms with van der Waals surface area (Å²) < 4.78 is 10.6. The number of methoxy groups -OCH3 is 2. The van der Waals surface area contributed by atoms with Crippen LogP contribution < -0.4 is 9.47 Å². The molecule has 0 aromatic heterocycles. The minimum absolute atomic E-state index is 0.822. The highest BCUT2D eigenvalue weighted by atomic mass is 16.5. The topological polar surface area (TPSA) is 18.5 Å². The van der Waals surface area contributed by atoms with Crippen LogP contribution in [0, 0.1) is 0 Å². The molecule has 2 heteroatoms. The highest BCUT2D eigenvalue weighted by Crippen LogP contribution is 2.34. The van der Waals surface area contributed by atoms with E-state index in [1.807, 2.05) is 18.2 Å². The van der Waals surface area contributed by atoms with Gasteiger partial charge >= 0.3 is 0 Å². The van der Waals surface area contributed by atoms with Gasteiger partial charge in [-0.2, -0.15) is 0 Å². The molecule has 0 saturated heterocycles. The number of rotatable bonds is 3. The third-order valence-electron chi connectivity index (χ3n) is 3.74. The molecule has 1 aliphatic carbocycles. The van der Waals surface area contributed by atoms with Crippen LogP contribution in [0.5, 0.6) is 11.5 Å². The van der Waals surface area contributed by atoms with E-state index in [-0.39, 0.29) is 0 Å². The Morgan fingerprint density at radius 1 is 0.900 bits per heavy atom. The van der Waals surface area contributed by atoms with Crippen LogP contribution in [-0.2, 0) is 6.42 Å². The van der Waals surface area contributed by atoms with Gasteiger partial charge in [0, 0.05) is 6.07 Å². The second-order valence-electron chi connectivity index (χ2n) is 4.97. The molecule has 0 fully saturated rings. The Kier molecular flexibility index (Phi) is 3.46. The molecule has 2 aromatic carbocycles. The number of benzene rings is 2. The fourth-order valence-electron chi connectivity index (χ4n) is 2.72. The van der Waals surface area contributed by atoms with Crippen molar-refractivity contribution in [2.75, 3.05) is 14.2 Å². The zero-order valence-electron chi connectivity index (χ0n) is 11.8. The van der Waals surface area contributed by atoms with Gasteiger partial charge in [0.25, 0.3) is 0 Å². The van der Waals surface area contributed by atoms with Gasteiger partial charge < -0.3 is 9.47 Å². The van der Waals surface area contributed by atoms with Gasteiger partial charge in [0.2, 0.25) is 0 Å². The highest BCUT2D eigenvalue weighted by molar-refractivity contribution is 5.85. The lowest BCUT2D eigenvalue weighted by atomic mass is 10.0.